The minimum Gasteiger partial charge on any atom is -0.457 e. The molecular weight excluding hydrogens is 392 g/mol. The fraction of sp³-hybridized carbons (Fsp3) is 0. The molecule has 6 heteroatoms. The number of carbonyl (C=O) groups is 2. The first-order chi connectivity index (χ1) is 15.1. The van der Waals surface area contributed by atoms with Crippen LogP contribution < -0.4 is 10.1 Å². The summed E-state index contributed by atoms with van der Waals surface area (Å²) >= 11 is 0. The second-order valence-electron chi connectivity index (χ2n) is 6.59. The summed E-state index contributed by atoms with van der Waals surface area (Å²) in [4.78, 5) is 24.6. The molecule has 150 valence electrons. The van der Waals surface area contributed by atoms with Crippen molar-refractivity contribution in [1.29, 1.82) is 5.26 Å². The highest BCUT2D eigenvalue weighted by Gasteiger charge is 2.13. The van der Waals surface area contributed by atoms with E-state index >= 15 is 0 Å². The average Bonchev–Trinajstić information content (AvgIpc) is 3.34. The molecule has 0 spiro atoms. The van der Waals surface area contributed by atoms with Crippen LogP contribution in [0, 0.1) is 11.3 Å². The van der Waals surface area contributed by atoms with E-state index in [1.54, 1.807) is 36.4 Å². The number of nitriles is 1. The lowest BCUT2D eigenvalue weighted by Crippen LogP contribution is -2.13. The molecule has 0 aliphatic rings. The van der Waals surface area contributed by atoms with Gasteiger partial charge in [0.2, 0.25) is 5.76 Å². The van der Waals surface area contributed by atoms with Gasteiger partial charge in [0.05, 0.1) is 6.26 Å². The van der Waals surface area contributed by atoms with E-state index in [0.29, 0.717) is 17.0 Å². The number of hydrogen-bond acceptors (Lipinski definition) is 5. The minimum absolute atomic E-state index is 0.0479. The molecule has 0 atom stereocenters. The van der Waals surface area contributed by atoms with Crippen molar-refractivity contribution >= 4 is 34.4 Å². The highest BCUT2D eigenvalue weighted by molar-refractivity contribution is 6.12. The second kappa shape index (κ2) is 8.80. The number of furan rings is 1. The van der Waals surface area contributed by atoms with Gasteiger partial charge >= 0.3 is 5.97 Å². The van der Waals surface area contributed by atoms with Crippen molar-refractivity contribution in [3.63, 3.8) is 0 Å². The number of anilines is 1. The predicted molar refractivity (Wildman–Crippen MR) is 116 cm³/mol. The minimum atomic E-state index is -0.611. The molecule has 1 N–H and O–H groups in total. The Morgan fingerprint density at radius 1 is 0.935 bits per heavy atom. The van der Waals surface area contributed by atoms with E-state index in [1.165, 1.54) is 18.4 Å². The molecule has 6 nitrogen and oxygen atoms in total. The molecule has 0 saturated heterocycles. The van der Waals surface area contributed by atoms with Gasteiger partial charge in [0.25, 0.3) is 5.91 Å². The summed E-state index contributed by atoms with van der Waals surface area (Å²) in [5, 5.41) is 14.1. The average molecular weight is 408 g/mol. The fourth-order valence-corrected chi connectivity index (χ4v) is 3.02. The number of esters is 1. The molecule has 0 saturated carbocycles. The van der Waals surface area contributed by atoms with E-state index in [4.69, 9.17) is 9.15 Å². The number of nitrogens with zero attached hydrogens (tertiary/aromatic N) is 1. The molecule has 0 unspecified atom stereocenters. The zero-order valence-electron chi connectivity index (χ0n) is 16.2. The molecule has 31 heavy (non-hydrogen) atoms. The van der Waals surface area contributed by atoms with Crippen molar-refractivity contribution in [2.75, 3.05) is 5.32 Å². The molecule has 0 aliphatic heterocycles. The van der Waals surface area contributed by atoms with Crippen LogP contribution >= 0.6 is 0 Å². The van der Waals surface area contributed by atoms with Crippen LogP contribution in [-0.2, 0) is 4.79 Å². The van der Waals surface area contributed by atoms with E-state index in [2.05, 4.69) is 5.32 Å². The Morgan fingerprint density at radius 2 is 1.71 bits per heavy atom. The molecule has 0 aliphatic carbocycles. The van der Waals surface area contributed by atoms with Gasteiger partial charge in [-0.3, -0.25) is 4.79 Å². The molecule has 0 radical (unpaired) electrons. The molecule has 3 aromatic carbocycles. The van der Waals surface area contributed by atoms with Crippen molar-refractivity contribution in [3.05, 3.63) is 102 Å². The standard InChI is InChI=1S/C25H16N2O4/c26-16-19(24(28)27-22-8-3-6-18-5-1-2-7-21(18)22)15-17-10-12-20(13-11-17)31-25(29)23-9-4-14-30-23/h1-15H,(H,27,28)/b19-15+. The number of amides is 1. The van der Waals surface area contributed by atoms with Gasteiger partial charge in [0.1, 0.15) is 17.4 Å². The summed E-state index contributed by atoms with van der Waals surface area (Å²) in [6.07, 6.45) is 2.86. The first-order valence-corrected chi connectivity index (χ1v) is 9.41. The van der Waals surface area contributed by atoms with Gasteiger partial charge in [0.15, 0.2) is 0 Å². The topological polar surface area (TPSA) is 92.3 Å². The number of nitrogens with one attached hydrogen (secondary N) is 1. The van der Waals surface area contributed by atoms with Crippen molar-refractivity contribution in [3.8, 4) is 11.8 Å². The SMILES string of the molecule is N#C/C(=C\c1ccc(OC(=O)c2ccco2)cc1)C(=O)Nc1cccc2ccccc12. The molecule has 0 bridgehead atoms. The fourth-order valence-electron chi connectivity index (χ4n) is 3.02. The van der Waals surface area contributed by atoms with Gasteiger partial charge in [-0.2, -0.15) is 5.26 Å². The largest absolute Gasteiger partial charge is 0.457 e. The number of fused-ring (bicyclic) bond motifs is 1. The smallest absolute Gasteiger partial charge is 0.379 e. The first kappa shape index (κ1) is 19.7. The molecule has 4 aromatic rings. The summed E-state index contributed by atoms with van der Waals surface area (Å²) < 4.78 is 10.2. The third-order valence-electron chi connectivity index (χ3n) is 4.53. The van der Waals surface area contributed by atoms with Gasteiger partial charge in [-0.15, -0.1) is 0 Å². The summed E-state index contributed by atoms with van der Waals surface area (Å²) in [5.74, 6) is -0.703. The Hall–Kier alpha value is -4.63. The van der Waals surface area contributed by atoms with Crippen LogP contribution in [-0.4, -0.2) is 11.9 Å². The van der Waals surface area contributed by atoms with E-state index < -0.39 is 11.9 Å². The molecule has 1 aromatic heterocycles. The van der Waals surface area contributed by atoms with Gasteiger partial charge < -0.3 is 14.5 Å². The Kier molecular flexibility index (Phi) is 5.59. The van der Waals surface area contributed by atoms with Crippen LogP contribution in [0.3, 0.4) is 0 Å². The normalized spacial score (nSPS) is 11.0. The van der Waals surface area contributed by atoms with Gasteiger partial charge in [-0.05, 0) is 47.4 Å². The zero-order valence-corrected chi connectivity index (χ0v) is 16.2. The molecular formula is C25H16N2O4. The first-order valence-electron chi connectivity index (χ1n) is 9.41. The Bertz CT molecular complexity index is 1310. The quantitative estimate of drug-likeness (QED) is 0.212. The maximum absolute atomic E-state index is 12.7. The summed E-state index contributed by atoms with van der Waals surface area (Å²) in [5.41, 5.74) is 1.19. The molecule has 4 rings (SSSR count). The van der Waals surface area contributed by atoms with Gasteiger partial charge in [-0.25, -0.2) is 4.79 Å². The predicted octanol–water partition coefficient (Wildman–Crippen LogP) is 5.20. The van der Waals surface area contributed by atoms with Crippen LogP contribution in [0.1, 0.15) is 16.1 Å². The monoisotopic (exact) mass is 408 g/mol. The maximum Gasteiger partial charge on any atom is 0.379 e. The molecule has 0 fully saturated rings. The Morgan fingerprint density at radius 3 is 2.45 bits per heavy atom. The van der Waals surface area contributed by atoms with Crippen molar-refractivity contribution in [1.82, 2.24) is 0 Å². The Labute approximate surface area is 178 Å². The van der Waals surface area contributed by atoms with E-state index in [1.807, 2.05) is 42.5 Å². The number of ether oxygens (including phenoxy) is 1. The van der Waals surface area contributed by atoms with E-state index in [-0.39, 0.29) is 11.3 Å². The highest BCUT2D eigenvalue weighted by Crippen LogP contribution is 2.24. The third-order valence-corrected chi connectivity index (χ3v) is 4.53. The zero-order chi connectivity index (χ0) is 21.6. The van der Waals surface area contributed by atoms with Crippen LogP contribution in [0.2, 0.25) is 0 Å². The number of carbonyl (C=O) groups excluding carboxylic acids is 2. The maximum atomic E-state index is 12.7. The van der Waals surface area contributed by atoms with Crippen molar-refractivity contribution in [2.24, 2.45) is 0 Å². The van der Waals surface area contributed by atoms with Crippen molar-refractivity contribution in [2.45, 2.75) is 0 Å². The molecule has 1 amide bonds. The highest BCUT2D eigenvalue weighted by atomic mass is 16.5. The number of rotatable bonds is 5. The third kappa shape index (κ3) is 4.52. The van der Waals surface area contributed by atoms with Crippen LogP contribution in [0.25, 0.3) is 16.8 Å². The number of benzene rings is 3. The number of hydrogen-bond donors (Lipinski definition) is 1. The van der Waals surface area contributed by atoms with Crippen LogP contribution in [0.5, 0.6) is 5.75 Å². The second-order valence-corrected chi connectivity index (χ2v) is 6.59. The van der Waals surface area contributed by atoms with Gasteiger partial charge in [0, 0.05) is 11.1 Å². The summed E-state index contributed by atoms with van der Waals surface area (Å²) in [6, 6.07) is 24.7. The van der Waals surface area contributed by atoms with Gasteiger partial charge in [-0.1, -0.05) is 48.5 Å². The summed E-state index contributed by atoms with van der Waals surface area (Å²) in [6.45, 7) is 0. The lowest BCUT2D eigenvalue weighted by Gasteiger charge is -2.08. The Balaban J connectivity index is 1.49. The van der Waals surface area contributed by atoms with E-state index in [9.17, 15) is 14.9 Å². The lowest BCUT2D eigenvalue weighted by atomic mass is 10.1. The lowest BCUT2D eigenvalue weighted by molar-refractivity contribution is -0.112. The van der Waals surface area contributed by atoms with E-state index in [0.717, 1.165) is 10.8 Å². The van der Waals surface area contributed by atoms with Crippen LogP contribution in [0.15, 0.2) is 95.1 Å². The summed E-state index contributed by atoms with van der Waals surface area (Å²) in [7, 11) is 0. The van der Waals surface area contributed by atoms with Crippen LogP contribution in [0.4, 0.5) is 5.69 Å². The molecule has 1 heterocycles. The van der Waals surface area contributed by atoms with Crippen molar-refractivity contribution < 1.29 is 18.7 Å².